The Morgan fingerprint density at radius 1 is 1.31 bits per heavy atom. The molecule has 1 aromatic carbocycles. The molecule has 1 fully saturated rings. The molecule has 0 radical (unpaired) electrons. The minimum atomic E-state index is -3.10. The number of aryl methyl sites for hydroxylation is 1. The van der Waals surface area contributed by atoms with E-state index in [9.17, 15) is 8.42 Å². The Morgan fingerprint density at radius 2 is 2.06 bits per heavy atom. The van der Waals surface area contributed by atoms with Crippen molar-refractivity contribution in [3.63, 3.8) is 0 Å². The quantitative estimate of drug-likeness (QED) is 0.800. The molecule has 0 aromatic heterocycles. The van der Waals surface area contributed by atoms with E-state index in [-0.39, 0.29) is 5.75 Å². The first-order valence-electron chi connectivity index (χ1n) is 5.27. The van der Waals surface area contributed by atoms with Crippen molar-refractivity contribution in [1.29, 1.82) is 0 Å². The van der Waals surface area contributed by atoms with Gasteiger partial charge in [-0.2, -0.15) is 0 Å². The van der Waals surface area contributed by atoms with Crippen molar-refractivity contribution in [2.45, 2.75) is 19.8 Å². The predicted molar refractivity (Wildman–Crippen MR) is 69.2 cm³/mol. The third kappa shape index (κ3) is 2.25. The average molecular weight is 304 g/mol. The van der Waals surface area contributed by atoms with Gasteiger partial charge in [0.25, 0.3) is 0 Å². The summed E-state index contributed by atoms with van der Waals surface area (Å²) in [5.41, 5.74) is 1.79. The molecule has 1 aromatic rings. The normalized spacial score (nSPS) is 19.8. The van der Waals surface area contributed by atoms with Gasteiger partial charge in [-0.25, -0.2) is 8.42 Å². The summed E-state index contributed by atoms with van der Waals surface area (Å²) in [6, 6.07) is 5.73. The second kappa shape index (κ2) is 4.37. The molecule has 88 valence electrons. The van der Waals surface area contributed by atoms with E-state index in [0.29, 0.717) is 6.54 Å². The lowest BCUT2D eigenvalue weighted by molar-refractivity contribution is 0.574. The van der Waals surface area contributed by atoms with Crippen molar-refractivity contribution >= 4 is 31.6 Å². The van der Waals surface area contributed by atoms with Gasteiger partial charge < -0.3 is 0 Å². The Bertz CT molecular complexity index is 499. The Labute approximate surface area is 105 Å². The molecule has 1 aliphatic rings. The van der Waals surface area contributed by atoms with E-state index in [0.717, 1.165) is 28.6 Å². The van der Waals surface area contributed by atoms with Gasteiger partial charge >= 0.3 is 0 Å². The van der Waals surface area contributed by atoms with Crippen LogP contribution in [0.5, 0.6) is 0 Å². The molecule has 1 heterocycles. The second-order valence-electron chi connectivity index (χ2n) is 4.03. The van der Waals surface area contributed by atoms with Crippen LogP contribution in [0.3, 0.4) is 0 Å². The van der Waals surface area contributed by atoms with Gasteiger partial charge in [-0.3, -0.25) is 4.31 Å². The van der Waals surface area contributed by atoms with Crippen LogP contribution in [-0.2, 0) is 10.0 Å². The second-order valence-corrected chi connectivity index (χ2v) is 6.95. The van der Waals surface area contributed by atoms with Gasteiger partial charge in [0.2, 0.25) is 10.0 Å². The Balaban J connectivity index is 2.46. The van der Waals surface area contributed by atoms with E-state index in [4.69, 9.17) is 0 Å². The summed E-state index contributed by atoms with van der Waals surface area (Å²) < 4.78 is 26.4. The van der Waals surface area contributed by atoms with Crippen molar-refractivity contribution in [3.8, 4) is 0 Å². The van der Waals surface area contributed by atoms with Crippen molar-refractivity contribution in [2.24, 2.45) is 0 Å². The van der Waals surface area contributed by atoms with E-state index in [1.54, 1.807) is 0 Å². The molecule has 5 heteroatoms. The highest BCUT2D eigenvalue weighted by molar-refractivity contribution is 9.10. The van der Waals surface area contributed by atoms with Gasteiger partial charge in [-0.1, -0.05) is 22.0 Å². The molecule has 2 rings (SSSR count). The van der Waals surface area contributed by atoms with Crippen LogP contribution in [0.25, 0.3) is 0 Å². The van der Waals surface area contributed by atoms with Crippen LogP contribution in [0.4, 0.5) is 5.69 Å². The largest absolute Gasteiger partial charge is 0.270 e. The molecule has 0 amide bonds. The summed E-state index contributed by atoms with van der Waals surface area (Å²) in [7, 11) is -3.10. The standard InChI is InChI=1S/C11H14BrNO2S/c1-9-4-5-10(12)8-11(9)13-6-2-3-7-16(13,14)15/h4-5,8H,2-3,6-7H2,1H3. The maximum atomic E-state index is 12.0. The van der Waals surface area contributed by atoms with Crippen LogP contribution < -0.4 is 4.31 Å². The Kier molecular flexibility index (Phi) is 3.26. The minimum Gasteiger partial charge on any atom is -0.270 e. The fourth-order valence-electron chi connectivity index (χ4n) is 1.91. The van der Waals surface area contributed by atoms with E-state index >= 15 is 0 Å². The fourth-order valence-corrected chi connectivity index (χ4v) is 3.95. The molecule has 1 saturated heterocycles. The maximum absolute atomic E-state index is 12.0. The van der Waals surface area contributed by atoms with Crippen LogP contribution in [0.2, 0.25) is 0 Å². The summed E-state index contributed by atoms with van der Waals surface area (Å²) in [6.07, 6.45) is 1.71. The molecule has 0 N–H and O–H groups in total. The molecule has 0 bridgehead atoms. The lowest BCUT2D eigenvalue weighted by atomic mass is 10.2. The van der Waals surface area contributed by atoms with Crippen molar-refractivity contribution in [3.05, 3.63) is 28.2 Å². The van der Waals surface area contributed by atoms with Gasteiger partial charge in [0.15, 0.2) is 0 Å². The third-order valence-corrected chi connectivity index (χ3v) is 5.14. The topological polar surface area (TPSA) is 37.4 Å². The maximum Gasteiger partial charge on any atom is 0.235 e. The van der Waals surface area contributed by atoms with Crippen LogP contribution in [-0.4, -0.2) is 20.7 Å². The van der Waals surface area contributed by atoms with Gasteiger partial charge in [0.1, 0.15) is 0 Å². The molecule has 0 spiro atoms. The SMILES string of the molecule is Cc1ccc(Br)cc1N1CCCCS1(=O)=O. The molecule has 16 heavy (non-hydrogen) atoms. The van der Waals surface area contributed by atoms with Gasteiger partial charge in [0.05, 0.1) is 11.4 Å². The van der Waals surface area contributed by atoms with Crippen LogP contribution in [0, 0.1) is 6.92 Å². The summed E-state index contributed by atoms with van der Waals surface area (Å²) >= 11 is 3.38. The van der Waals surface area contributed by atoms with Crippen LogP contribution in [0.1, 0.15) is 18.4 Å². The minimum absolute atomic E-state index is 0.263. The van der Waals surface area contributed by atoms with Crippen molar-refractivity contribution in [2.75, 3.05) is 16.6 Å². The molecular formula is C11H14BrNO2S. The highest BCUT2D eigenvalue weighted by atomic mass is 79.9. The van der Waals surface area contributed by atoms with E-state index in [1.807, 2.05) is 25.1 Å². The molecule has 0 saturated carbocycles. The Hall–Kier alpha value is -0.550. The van der Waals surface area contributed by atoms with E-state index < -0.39 is 10.0 Å². The zero-order chi connectivity index (χ0) is 11.8. The number of anilines is 1. The van der Waals surface area contributed by atoms with Crippen molar-refractivity contribution in [1.82, 2.24) is 0 Å². The van der Waals surface area contributed by atoms with Crippen molar-refractivity contribution < 1.29 is 8.42 Å². The zero-order valence-electron chi connectivity index (χ0n) is 9.11. The highest BCUT2D eigenvalue weighted by Gasteiger charge is 2.26. The number of sulfonamides is 1. The number of hydrogen-bond donors (Lipinski definition) is 0. The lowest BCUT2D eigenvalue weighted by Crippen LogP contribution is -2.38. The monoisotopic (exact) mass is 303 g/mol. The van der Waals surface area contributed by atoms with Gasteiger partial charge in [-0.15, -0.1) is 0 Å². The molecule has 0 aliphatic carbocycles. The smallest absolute Gasteiger partial charge is 0.235 e. The Morgan fingerprint density at radius 3 is 2.75 bits per heavy atom. The molecular weight excluding hydrogens is 290 g/mol. The first-order valence-corrected chi connectivity index (χ1v) is 7.67. The van der Waals surface area contributed by atoms with Gasteiger partial charge in [-0.05, 0) is 37.5 Å². The van der Waals surface area contributed by atoms with Crippen LogP contribution in [0.15, 0.2) is 22.7 Å². The summed E-state index contributed by atoms with van der Waals surface area (Å²) in [6.45, 7) is 2.53. The fraction of sp³-hybridized carbons (Fsp3) is 0.455. The van der Waals surface area contributed by atoms with E-state index in [2.05, 4.69) is 15.9 Å². The first kappa shape index (κ1) is 11.9. The first-order chi connectivity index (χ1) is 7.50. The molecule has 0 unspecified atom stereocenters. The number of halogens is 1. The predicted octanol–water partition coefficient (Wildman–Crippen LogP) is 2.69. The van der Waals surface area contributed by atoms with Gasteiger partial charge in [0, 0.05) is 11.0 Å². The van der Waals surface area contributed by atoms with Crippen LogP contribution >= 0.6 is 15.9 Å². The number of benzene rings is 1. The number of rotatable bonds is 1. The summed E-state index contributed by atoms with van der Waals surface area (Å²) in [4.78, 5) is 0. The average Bonchev–Trinajstić information content (AvgIpc) is 2.22. The highest BCUT2D eigenvalue weighted by Crippen LogP contribution is 2.29. The zero-order valence-corrected chi connectivity index (χ0v) is 11.5. The number of hydrogen-bond acceptors (Lipinski definition) is 2. The third-order valence-electron chi connectivity index (χ3n) is 2.79. The molecule has 3 nitrogen and oxygen atoms in total. The van der Waals surface area contributed by atoms with E-state index in [1.165, 1.54) is 4.31 Å². The summed E-state index contributed by atoms with van der Waals surface area (Å²) in [5, 5.41) is 0. The molecule has 0 atom stereocenters. The summed E-state index contributed by atoms with van der Waals surface area (Å²) in [5.74, 6) is 0.263. The lowest BCUT2D eigenvalue weighted by Gasteiger charge is -2.29. The number of nitrogens with zero attached hydrogens (tertiary/aromatic N) is 1. The molecule has 1 aliphatic heterocycles.